The Kier molecular flexibility index (Phi) is 9.43. The lowest BCUT2D eigenvalue weighted by molar-refractivity contribution is 0.293. The summed E-state index contributed by atoms with van der Waals surface area (Å²) in [6.45, 7) is 4.53. The van der Waals surface area contributed by atoms with Crippen LogP contribution < -0.4 is 20.2 Å². The highest BCUT2D eigenvalue weighted by Crippen LogP contribution is 2.37. The average Bonchev–Trinajstić information content (AvgIpc) is 2.65. The molecule has 5 nitrogen and oxygen atoms in total. The molecule has 28 heavy (non-hydrogen) atoms. The molecule has 0 saturated carbocycles. The van der Waals surface area contributed by atoms with E-state index in [1.165, 1.54) is 0 Å². The van der Waals surface area contributed by atoms with E-state index in [0.717, 1.165) is 30.3 Å². The summed E-state index contributed by atoms with van der Waals surface area (Å²) < 4.78 is 14.1. The fourth-order valence-corrected chi connectivity index (χ4v) is 4.80. The minimum Gasteiger partial charge on any atom is -0.496 e. The van der Waals surface area contributed by atoms with Crippen molar-refractivity contribution in [2.24, 2.45) is 5.10 Å². The first-order valence-electron chi connectivity index (χ1n) is 8.06. The van der Waals surface area contributed by atoms with Gasteiger partial charge in [-0.2, -0.15) is 5.10 Å². The molecule has 0 aliphatic heterocycles. The fraction of sp³-hybridized carbons (Fsp3) is 0.158. The Morgan fingerprint density at radius 2 is 1.93 bits per heavy atom. The van der Waals surface area contributed by atoms with Gasteiger partial charge in [0.25, 0.3) is 0 Å². The second-order valence-corrected chi connectivity index (χ2v) is 8.46. The van der Waals surface area contributed by atoms with E-state index in [9.17, 15) is 0 Å². The lowest BCUT2D eigenvalue weighted by Crippen LogP contribution is -2.31. The van der Waals surface area contributed by atoms with Crippen molar-refractivity contribution in [3.8, 4) is 11.5 Å². The third kappa shape index (κ3) is 6.88. The molecule has 148 valence electrons. The van der Waals surface area contributed by atoms with Gasteiger partial charge in [0.1, 0.15) is 18.1 Å². The number of nitrogens with zero attached hydrogens (tertiary/aromatic N) is 1. The van der Waals surface area contributed by atoms with Crippen LogP contribution in [0.15, 0.2) is 61.5 Å². The predicted octanol–water partition coefficient (Wildman–Crippen LogP) is 5.55. The lowest BCUT2D eigenvalue weighted by Gasteiger charge is -2.13. The molecule has 0 aromatic heterocycles. The summed E-state index contributed by atoms with van der Waals surface area (Å²) in [5, 5.41) is 7.50. The highest BCUT2D eigenvalue weighted by Gasteiger charge is 2.11. The third-order valence-corrected chi connectivity index (χ3v) is 5.30. The molecule has 9 heteroatoms. The molecule has 0 unspecified atom stereocenters. The van der Waals surface area contributed by atoms with Gasteiger partial charge < -0.3 is 14.8 Å². The van der Waals surface area contributed by atoms with Gasteiger partial charge in [0.15, 0.2) is 5.11 Å². The molecule has 0 bridgehead atoms. The Bertz CT molecular complexity index is 868. The number of nitrogens with one attached hydrogen (secondary N) is 2. The lowest BCUT2D eigenvalue weighted by atomic mass is 10.1. The number of hydrogen-bond acceptors (Lipinski definition) is 4. The molecule has 0 fully saturated rings. The Morgan fingerprint density at radius 1 is 1.21 bits per heavy atom. The largest absolute Gasteiger partial charge is 0.496 e. The second-order valence-electron chi connectivity index (χ2n) is 5.43. The van der Waals surface area contributed by atoms with Crippen molar-refractivity contribution in [2.45, 2.75) is 6.61 Å². The number of benzene rings is 2. The Hall–Kier alpha value is -1.42. The summed E-state index contributed by atoms with van der Waals surface area (Å²) in [4.78, 5) is 0. The third-order valence-electron chi connectivity index (χ3n) is 3.43. The molecule has 0 amide bonds. The predicted molar refractivity (Wildman–Crippen MR) is 128 cm³/mol. The summed E-state index contributed by atoms with van der Waals surface area (Å²) in [6.07, 6.45) is 3.39. The molecular formula is C19H18Br3N3O2S. The number of hydrazone groups is 1. The normalized spacial score (nSPS) is 10.6. The maximum atomic E-state index is 6.00. The number of halogens is 3. The molecule has 0 radical (unpaired) electrons. The molecular weight excluding hydrogens is 574 g/mol. The van der Waals surface area contributed by atoms with Crippen LogP contribution in [0.3, 0.4) is 0 Å². The smallest absolute Gasteiger partial charge is 0.187 e. The number of hydrogen-bond donors (Lipinski definition) is 2. The van der Waals surface area contributed by atoms with Crippen LogP contribution >= 0.6 is 60.0 Å². The Balaban J connectivity index is 2.10. The van der Waals surface area contributed by atoms with E-state index in [1.54, 1.807) is 19.4 Å². The quantitative estimate of drug-likeness (QED) is 0.183. The van der Waals surface area contributed by atoms with Crippen LogP contribution in [0.5, 0.6) is 11.5 Å². The summed E-state index contributed by atoms with van der Waals surface area (Å²) in [7, 11) is 1.63. The van der Waals surface area contributed by atoms with Gasteiger partial charge in [0, 0.05) is 16.6 Å². The summed E-state index contributed by atoms with van der Waals surface area (Å²) in [6, 6.07) is 9.58. The number of rotatable bonds is 8. The van der Waals surface area contributed by atoms with Crippen LogP contribution in [0.4, 0.5) is 0 Å². The topological polar surface area (TPSA) is 54.9 Å². The minimum atomic E-state index is 0.330. The van der Waals surface area contributed by atoms with E-state index in [0.29, 0.717) is 24.0 Å². The highest BCUT2D eigenvalue weighted by molar-refractivity contribution is 9.11. The van der Waals surface area contributed by atoms with E-state index < -0.39 is 0 Å². The van der Waals surface area contributed by atoms with Crippen LogP contribution in [-0.4, -0.2) is 25.0 Å². The molecule has 2 aromatic rings. The van der Waals surface area contributed by atoms with Gasteiger partial charge in [0.2, 0.25) is 0 Å². The van der Waals surface area contributed by atoms with Gasteiger partial charge in [-0.25, -0.2) is 0 Å². The first kappa shape index (κ1) is 22.9. The van der Waals surface area contributed by atoms with Gasteiger partial charge in [0.05, 0.1) is 22.3 Å². The number of methoxy groups -OCH3 is 1. The van der Waals surface area contributed by atoms with Gasteiger partial charge in [-0.1, -0.05) is 22.0 Å². The molecule has 0 saturated heterocycles. The van der Waals surface area contributed by atoms with Crippen molar-refractivity contribution in [3.05, 3.63) is 67.5 Å². The van der Waals surface area contributed by atoms with Crippen molar-refractivity contribution in [2.75, 3.05) is 13.7 Å². The number of thiocarbonyl (C=S) groups is 1. The molecule has 0 aliphatic carbocycles. The molecule has 2 rings (SSSR count). The van der Waals surface area contributed by atoms with Crippen molar-refractivity contribution in [3.63, 3.8) is 0 Å². The summed E-state index contributed by atoms with van der Waals surface area (Å²) in [5.41, 5.74) is 4.53. The monoisotopic (exact) mass is 589 g/mol. The molecule has 0 aliphatic rings. The fourth-order valence-electron chi connectivity index (χ4n) is 2.18. The van der Waals surface area contributed by atoms with E-state index in [1.807, 2.05) is 30.3 Å². The molecule has 2 aromatic carbocycles. The zero-order chi connectivity index (χ0) is 20.5. The van der Waals surface area contributed by atoms with E-state index >= 15 is 0 Å². The SMILES string of the molecule is C=CCNC(=S)NN=Cc1ccc(OC)c(COc2c(Br)cc(Br)cc2Br)c1. The summed E-state index contributed by atoms with van der Waals surface area (Å²) in [5.74, 6) is 1.45. The second kappa shape index (κ2) is 11.5. The average molecular weight is 592 g/mol. The van der Waals surface area contributed by atoms with Crippen molar-refractivity contribution in [1.29, 1.82) is 0 Å². The van der Waals surface area contributed by atoms with Gasteiger partial charge >= 0.3 is 0 Å². The van der Waals surface area contributed by atoms with Crippen LogP contribution in [0.2, 0.25) is 0 Å². The van der Waals surface area contributed by atoms with Gasteiger partial charge in [-0.05, 0) is 80.0 Å². The first-order valence-corrected chi connectivity index (χ1v) is 10.9. The van der Waals surface area contributed by atoms with Crippen molar-refractivity contribution >= 4 is 71.3 Å². The van der Waals surface area contributed by atoms with Crippen LogP contribution in [0.25, 0.3) is 0 Å². The van der Waals surface area contributed by atoms with Crippen LogP contribution in [0, 0.1) is 0 Å². The number of ether oxygens (including phenoxy) is 2. The highest BCUT2D eigenvalue weighted by atomic mass is 79.9. The van der Waals surface area contributed by atoms with Crippen LogP contribution in [0.1, 0.15) is 11.1 Å². The van der Waals surface area contributed by atoms with E-state index in [2.05, 4.69) is 70.2 Å². The Labute approximate surface area is 195 Å². The standard InChI is InChI=1S/C19H18Br3N3O2S/c1-3-6-23-19(28)25-24-10-12-4-5-17(26-2)13(7-12)11-27-18-15(21)8-14(20)9-16(18)22/h3-5,7-10H,1,6,11H2,2H3,(H2,23,25,28). The summed E-state index contributed by atoms with van der Waals surface area (Å²) >= 11 is 15.6. The zero-order valence-corrected chi connectivity index (χ0v) is 20.5. The Morgan fingerprint density at radius 3 is 2.57 bits per heavy atom. The van der Waals surface area contributed by atoms with Crippen molar-refractivity contribution in [1.82, 2.24) is 10.7 Å². The van der Waals surface area contributed by atoms with Crippen LogP contribution in [-0.2, 0) is 6.61 Å². The van der Waals surface area contributed by atoms with E-state index in [-0.39, 0.29) is 0 Å². The van der Waals surface area contributed by atoms with Gasteiger partial charge in [-0.3, -0.25) is 5.43 Å². The maximum Gasteiger partial charge on any atom is 0.187 e. The zero-order valence-electron chi connectivity index (χ0n) is 15.0. The minimum absolute atomic E-state index is 0.330. The van der Waals surface area contributed by atoms with E-state index in [4.69, 9.17) is 21.7 Å². The van der Waals surface area contributed by atoms with Gasteiger partial charge in [-0.15, -0.1) is 6.58 Å². The maximum absolute atomic E-state index is 6.00. The molecule has 0 spiro atoms. The first-order chi connectivity index (χ1) is 13.4. The molecule has 2 N–H and O–H groups in total. The molecule has 0 heterocycles. The molecule has 0 atom stereocenters. The van der Waals surface area contributed by atoms with Crippen molar-refractivity contribution < 1.29 is 9.47 Å².